The second-order valence-electron chi connectivity index (χ2n) is 12.6. The number of benzene rings is 2. The maximum atomic E-state index is 14.6. The van der Waals surface area contributed by atoms with Gasteiger partial charge in [-0.3, -0.25) is 14.4 Å². The number of imidazole rings is 1. The molecule has 2 unspecified atom stereocenters. The fraction of sp³-hybridized carbons (Fsp3) is 0.514. The van der Waals surface area contributed by atoms with E-state index < -0.39 is 40.6 Å². The molecule has 304 valence electrons. The van der Waals surface area contributed by atoms with Crippen molar-refractivity contribution in [2.24, 2.45) is 21.3 Å². The van der Waals surface area contributed by atoms with E-state index in [0.29, 0.717) is 51.7 Å². The molecule has 19 heteroatoms. The van der Waals surface area contributed by atoms with Crippen molar-refractivity contribution in [2.75, 3.05) is 52.8 Å². The molecule has 0 aliphatic carbocycles. The number of esters is 2. The second-order valence-corrected chi connectivity index (χ2v) is 14.3. The van der Waals surface area contributed by atoms with Gasteiger partial charge in [-0.2, -0.15) is 4.21 Å². The highest BCUT2D eigenvalue weighted by molar-refractivity contribution is 7.88. The monoisotopic (exact) mass is 800 g/mol. The van der Waals surface area contributed by atoms with Gasteiger partial charge in [0.2, 0.25) is 6.29 Å². The molecule has 18 nitrogen and oxygen atoms in total. The Balaban J connectivity index is 1.52. The fourth-order valence-corrected chi connectivity index (χ4v) is 6.83. The van der Waals surface area contributed by atoms with Crippen molar-refractivity contribution < 1.29 is 55.9 Å². The number of ether oxygens (including phenoxy) is 7. The third kappa shape index (κ3) is 13.6. The molecule has 1 aliphatic heterocycles. The van der Waals surface area contributed by atoms with Gasteiger partial charge in [-0.15, -0.1) is 4.36 Å². The first kappa shape index (κ1) is 43.7. The summed E-state index contributed by atoms with van der Waals surface area (Å²) in [6.07, 6.45) is 2.17. The SMILES string of the molecule is CC(=O)OC[C@H]1OC(Oc2ccc(C(=O)CCCOCCOCCOCCN=[N+]=[N-])cc2OS(=O)(=Nc2ccccc2)n2ccnc2)[C@H](C)[C@@H](C)[C@H]1OC(C)=O. The minimum atomic E-state index is -3.78. The van der Waals surface area contributed by atoms with Crippen molar-refractivity contribution in [1.82, 2.24) is 8.96 Å². The molecule has 1 aliphatic rings. The molecule has 0 N–H and O–H groups in total. The number of hydrogen-bond acceptors (Lipinski definition) is 15. The van der Waals surface area contributed by atoms with E-state index in [4.69, 9.17) is 42.9 Å². The summed E-state index contributed by atoms with van der Waals surface area (Å²) in [6.45, 7) is 8.36. The van der Waals surface area contributed by atoms with Crippen LogP contribution in [0.1, 0.15) is 50.9 Å². The topological polar surface area (TPSA) is 221 Å². The van der Waals surface area contributed by atoms with E-state index in [2.05, 4.69) is 19.4 Å². The number of aromatic nitrogens is 2. The number of carbonyl (C=O) groups is 3. The zero-order valence-corrected chi connectivity index (χ0v) is 32.6. The predicted octanol–water partition coefficient (Wildman–Crippen LogP) is 5.63. The van der Waals surface area contributed by atoms with Crippen LogP contribution < -0.4 is 8.92 Å². The minimum Gasteiger partial charge on any atom is -0.463 e. The molecule has 1 saturated heterocycles. The predicted molar refractivity (Wildman–Crippen MR) is 201 cm³/mol. The third-order valence-electron chi connectivity index (χ3n) is 8.47. The zero-order valence-electron chi connectivity index (χ0n) is 31.8. The van der Waals surface area contributed by atoms with Crippen LogP contribution in [0.2, 0.25) is 0 Å². The van der Waals surface area contributed by atoms with Crippen molar-refractivity contribution in [2.45, 2.75) is 59.0 Å². The first-order chi connectivity index (χ1) is 27.0. The molecule has 2 aromatic carbocycles. The summed E-state index contributed by atoms with van der Waals surface area (Å²) in [5.41, 5.74) is 8.89. The number of rotatable bonds is 23. The highest BCUT2D eigenvalue weighted by atomic mass is 32.2. The maximum absolute atomic E-state index is 14.6. The van der Waals surface area contributed by atoms with Crippen LogP contribution in [0.5, 0.6) is 11.5 Å². The van der Waals surface area contributed by atoms with Gasteiger partial charge in [0.1, 0.15) is 25.1 Å². The lowest BCUT2D eigenvalue weighted by Gasteiger charge is -2.43. The molecule has 3 aromatic rings. The number of hydrogen-bond donors (Lipinski definition) is 0. The summed E-state index contributed by atoms with van der Waals surface area (Å²) < 4.78 is 66.3. The number of carbonyl (C=O) groups excluding carboxylic acids is 3. The largest absolute Gasteiger partial charge is 0.463 e. The van der Waals surface area contributed by atoms with Gasteiger partial charge >= 0.3 is 22.1 Å². The van der Waals surface area contributed by atoms with E-state index in [-0.39, 0.29) is 54.3 Å². The van der Waals surface area contributed by atoms with Crippen molar-refractivity contribution >= 4 is 33.6 Å². The van der Waals surface area contributed by atoms with Gasteiger partial charge in [-0.1, -0.05) is 37.2 Å². The smallest absolute Gasteiger partial charge is 0.312 e. The van der Waals surface area contributed by atoms with Gasteiger partial charge in [0.05, 0.1) is 38.7 Å². The molecular weight excluding hydrogens is 753 g/mol. The van der Waals surface area contributed by atoms with E-state index >= 15 is 0 Å². The summed E-state index contributed by atoms with van der Waals surface area (Å²) in [6, 6.07) is 13.1. The first-order valence-corrected chi connectivity index (χ1v) is 19.4. The van der Waals surface area contributed by atoms with Crippen molar-refractivity contribution in [3.05, 3.63) is 83.3 Å². The molecule has 56 heavy (non-hydrogen) atoms. The Morgan fingerprint density at radius 2 is 1.64 bits per heavy atom. The van der Waals surface area contributed by atoms with Crippen LogP contribution in [0.4, 0.5) is 5.69 Å². The Bertz CT molecular complexity index is 1880. The van der Waals surface area contributed by atoms with Gasteiger partial charge in [0.25, 0.3) is 0 Å². The van der Waals surface area contributed by atoms with E-state index in [9.17, 15) is 18.6 Å². The minimum absolute atomic E-state index is 0.0634. The molecule has 0 amide bonds. The average Bonchev–Trinajstić information content (AvgIpc) is 3.73. The third-order valence-corrected chi connectivity index (χ3v) is 10.1. The molecule has 1 fully saturated rings. The second kappa shape index (κ2) is 22.5. The lowest BCUT2D eigenvalue weighted by Crippen LogP contribution is -2.54. The Morgan fingerprint density at radius 3 is 2.30 bits per heavy atom. The Labute approximate surface area is 325 Å². The van der Waals surface area contributed by atoms with Gasteiger partial charge in [0.15, 0.2) is 17.3 Å². The fourth-order valence-electron chi connectivity index (χ4n) is 5.47. The standard InChI is InChI=1S/C37H48N6O12S/c1-26-27(2)37(54-35(24-51-28(3)44)36(26)52-29(4)45)53-33-13-12-30(32(46)11-8-17-48-19-21-50-22-20-49-18-15-40-42-38)23-34(33)55-56(47,43-16-14-39-25-43)41-31-9-6-5-7-10-31/h5-7,9-10,12-14,16,23,25-27,35-37H,8,11,15,17-22,24H2,1-4H3/t26-,27-,35-,36-,37?,56?/m1/s1. The zero-order chi connectivity index (χ0) is 40.3. The van der Waals surface area contributed by atoms with Crippen molar-refractivity contribution in [1.29, 1.82) is 0 Å². The van der Waals surface area contributed by atoms with Crippen LogP contribution in [0, 0.1) is 11.8 Å². The molecule has 0 saturated carbocycles. The van der Waals surface area contributed by atoms with Gasteiger partial charge in [-0.05, 0) is 42.3 Å². The summed E-state index contributed by atoms with van der Waals surface area (Å²) in [5.74, 6) is -1.94. The van der Waals surface area contributed by atoms with Crippen LogP contribution in [0.3, 0.4) is 0 Å². The summed E-state index contributed by atoms with van der Waals surface area (Å²) in [7, 11) is -3.78. The normalized spacial score (nSPS) is 20.2. The summed E-state index contributed by atoms with van der Waals surface area (Å²) in [4.78, 5) is 43.8. The Kier molecular flexibility index (Phi) is 17.6. The Hall–Kier alpha value is -5.04. The maximum Gasteiger partial charge on any atom is 0.312 e. The van der Waals surface area contributed by atoms with Crippen LogP contribution >= 0.6 is 0 Å². The highest BCUT2D eigenvalue weighted by Crippen LogP contribution is 2.38. The van der Waals surface area contributed by atoms with E-state index in [1.807, 2.05) is 13.8 Å². The van der Waals surface area contributed by atoms with Crippen LogP contribution in [-0.2, 0) is 48.2 Å². The number of ketones is 1. The molecule has 6 atom stereocenters. The molecule has 0 spiro atoms. The Morgan fingerprint density at radius 1 is 0.929 bits per heavy atom. The molecule has 0 radical (unpaired) electrons. The molecule has 0 bridgehead atoms. The molecule has 4 rings (SSSR count). The van der Waals surface area contributed by atoms with Gasteiger partial charge < -0.3 is 37.3 Å². The quantitative estimate of drug-likeness (QED) is 0.0284. The van der Waals surface area contributed by atoms with Crippen LogP contribution in [0.15, 0.2) is 76.7 Å². The number of Topliss-reactive ketones (excluding diaryl/α,β-unsaturated/α-hetero) is 1. The summed E-state index contributed by atoms with van der Waals surface area (Å²) >= 11 is 0. The van der Waals surface area contributed by atoms with Gasteiger partial charge in [0, 0.05) is 68.1 Å². The lowest BCUT2D eigenvalue weighted by atomic mass is 9.84. The first-order valence-electron chi connectivity index (χ1n) is 18.0. The van der Waals surface area contributed by atoms with Crippen molar-refractivity contribution in [3.63, 3.8) is 0 Å². The molecule has 2 heterocycles. The van der Waals surface area contributed by atoms with Gasteiger partial charge in [-0.25, -0.2) is 8.96 Å². The van der Waals surface area contributed by atoms with Crippen molar-refractivity contribution in [3.8, 4) is 11.5 Å². The van der Waals surface area contributed by atoms with E-state index in [0.717, 1.165) is 0 Å². The highest BCUT2D eigenvalue weighted by Gasteiger charge is 2.45. The van der Waals surface area contributed by atoms with E-state index in [1.54, 1.807) is 36.4 Å². The number of nitrogens with zero attached hydrogens (tertiary/aromatic N) is 6. The molecular formula is C37H48N6O12S. The number of azide groups is 1. The lowest BCUT2D eigenvalue weighted by molar-refractivity contribution is -0.248. The van der Waals surface area contributed by atoms with Crippen LogP contribution in [-0.4, -0.2) is 102 Å². The van der Waals surface area contributed by atoms with E-state index in [1.165, 1.54) is 48.7 Å². The van der Waals surface area contributed by atoms with Crippen LogP contribution in [0.25, 0.3) is 10.4 Å². The molecule has 1 aromatic heterocycles. The summed E-state index contributed by atoms with van der Waals surface area (Å²) in [5, 5.41) is 3.38. The average molecular weight is 801 g/mol.